The van der Waals surface area contributed by atoms with Crippen molar-refractivity contribution in [1.82, 2.24) is 20.2 Å². The maximum atomic E-state index is 5.94. The molecule has 0 aliphatic carbocycles. The average Bonchev–Trinajstić information content (AvgIpc) is 3.29. The fourth-order valence-corrected chi connectivity index (χ4v) is 5.16. The smallest absolute Gasteiger partial charge is 0.159 e. The van der Waals surface area contributed by atoms with Crippen LogP contribution in [0.3, 0.4) is 0 Å². The van der Waals surface area contributed by atoms with Crippen LogP contribution in [0.5, 0.6) is 0 Å². The Morgan fingerprint density at radius 3 is 2.25 bits per heavy atom. The fourth-order valence-electron chi connectivity index (χ4n) is 5.03. The van der Waals surface area contributed by atoms with E-state index < -0.39 is 0 Å². The van der Waals surface area contributed by atoms with E-state index in [1.165, 1.54) is 31.5 Å². The molecule has 5 rings (SSSR count). The molecule has 3 saturated heterocycles. The molecular weight excluding hydrogens is 320 g/mol. The first kappa shape index (κ1) is 14.8. The van der Waals surface area contributed by atoms with E-state index in [0.717, 1.165) is 46.9 Å². The maximum Gasteiger partial charge on any atom is 0.159 e. The molecule has 2 bridgehead atoms. The van der Waals surface area contributed by atoms with Gasteiger partial charge in [-0.1, -0.05) is 11.6 Å². The molecule has 0 saturated carbocycles. The minimum absolute atomic E-state index is 0.736. The van der Waals surface area contributed by atoms with Gasteiger partial charge in [0.25, 0.3) is 0 Å². The van der Waals surface area contributed by atoms with Crippen molar-refractivity contribution in [1.29, 1.82) is 0 Å². The highest BCUT2D eigenvalue weighted by Gasteiger charge is 2.54. The first-order valence-electron chi connectivity index (χ1n) is 8.83. The van der Waals surface area contributed by atoms with Gasteiger partial charge in [0.05, 0.1) is 0 Å². The van der Waals surface area contributed by atoms with E-state index in [0.29, 0.717) is 0 Å². The van der Waals surface area contributed by atoms with E-state index in [1.54, 1.807) is 0 Å². The van der Waals surface area contributed by atoms with Gasteiger partial charge in [-0.25, -0.2) is 9.97 Å². The minimum atomic E-state index is 0.736. The Hall–Kier alpha value is -1.49. The van der Waals surface area contributed by atoms with Crippen molar-refractivity contribution in [2.24, 2.45) is 11.8 Å². The highest BCUT2D eigenvalue weighted by Crippen LogP contribution is 2.47. The third kappa shape index (κ3) is 2.36. The van der Waals surface area contributed by atoms with Crippen LogP contribution in [0.2, 0.25) is 5.02 Å². The van der Waals surface area contributed by atoms with Crippen LogP contribution in [0.1, 0.15) is 18.4 Å². The number of fused-ring (bicyclic) bond motifs is 5. The zero-order valence-corrected chi connectivity index (χ0v) is 14.3. The van der Waals surface area contributed by atoms with Gasteiger partial charge < -0.3 is 5.32 Å². The summed E-state index contributed by atoms with van der Waals surface area (Å²) in [5.74, 6) is 2.48. The zero-order chi connectivity index (χ0) is 16.1. The number of aromatic nitrogens is 2. The number of rotatable bonds is 3. The lowest BCUT2D eigenvalue weighted by molar-refractivity contribution is 0.218. The van der Waals surface area contributed by atoms with Crippen molar-refractivity contribution in [3.8, 4) is 11.4 Å². The molecule has 3 fully saturated rings. The van der Waals surface area contributed by atoms with Gasteiger partial charge in [0.1, 0.15) is 0 Å². The van der Waals surface area contributed by atoms with Crippen LogP contribution >= 0.6 is 11.6 Å². The highest BCUT2D eigenvalue weighted by molar-refractivity contribution is 6.30. The lowest BCUT2D eigenvalue weighted by Crippen LogP contribution is -2.33. The predicted octanol–water partition coefficient (Wildman–Crippen LogP) is 2.98. The Bertz CT molecular complexity index is 712. The van der Waals surface area contributed by atoms with E-state index in [-0.39, 0.29) is 0 Å². The van der Waals surface area contributed by atoms with Gasteiger partial charge in [-0.05, 0) is 62.0 Å². The molecule has 2 aromatic rings. The van der Waals surface area contributed by atoms with Crippen molar-refractivity contribution < 1.29 is 0 Å². The van der Waals surface area contributed by atoms with Gasteiger partial charge in [-0.15, -0.1) is 0 Å². The summed E-state index contributed by atoms with van der Waals surface area (Å²) >= 11 is 5.94. The van der Waals surface area contributed by atoms with Gasteiger partial charge in [-0.3, -0.25) is 4.90 Å². The van der Waals surface area contributed by atoms with Crippen molar-refractivity contribution >= 4 is 11.6 Å². The van der Waals surface area contributed by atoms with Gasteiger partial charge >= 0.3 is 0 Å². The average molecular weight is 341 g/mol. The molecule has 0 amide bonds. The summed E-state index contributed by atoms with van der Waals surface area (Å²) in [6.45, 7) is 3.39. The number of nitrogens with one attached hydrogen (secondary N) is 1. The number of hydrogen-bond acceptors (Lipinski definition) is 4. The largest absolute Gasteiger partial charge is 0.316 e. The van der Waals surface area contributed by atoms with E-state index in [9.17, 15) is 0 Å². The molecule has 0 spiro atoms. The number of nitrogens with zero attached hydrogens (tertiary/aromatic N) is 3. The third-order valence-corrected chi connectivity index (χ3v) is 6.33. The second-order valence-corrected chi connectivity index (χ2v) is 7.73. The molecule has 1 aromatic heterocycles. The van der Waals surface area contributed by atoms with Crippen molar-refractivity contribution in [2.45, 2.75) is 31.5 Å². The molecule has 3 aliphatic rings. The Morgan fingerprint density at radius 2 is 1.62 bits per heavy atom. The number of halogens is 1. The van der Waals surface area contributed by atoms with Gasteiger partial charge in [0.15, 0.2) is 5.82 Å². The first-order valence-corrected chi connectivity index (χ1v) is 9.21. The predicted molar refractivity (Wildman–Crippen MR) is 94.7 cm³/mol. The summed E-state index contributed by atoms with van der Waals surface area (Å²) in [7, 11) is 0. The van der Waals surface area contributed by atoms with E-state index in [4.69, 9.17) is 11.6 Å². The Morgan fingerprint density at radius 1 is 1.00 bits per heavy atom. The molecule has 4 nitrogen and oxygen atoms in total. The third-order valence-electron chi connectivity index (χ3n) is 6.08. The van der Waals surface area contributed by atoms with Crippen LogP contribution in [0.25, 0.3) is 11.4 Å². The second kappa shape index (κ2) is 5.80. The van der Waals surface area contributed by atoms with Gasteiger partial charge in [0, 0.05) is 47.2 Å². The summed E-state index contributed by atoms with van der Waals surface area (Å²) in [6.07, 6.45) is 6.69. The minimum Gasteiger partial charge on any atom is -0.316 e. The summed E-state index contributed by atoms with van der Waals surface area (Å²) in [4.78, 5) is 11.9. The van der Waals surface area contributed by atoms with Crippen molar-refractivity contribution in [3.63, 3.8) is 0 Å². The Labute approximate surface area is 147 Å². The topological polar surface area (TPSA) is 41.1 Å². The summed E-state index contributed by atoms with van der Waals surface area (Å²) in [5.41, 5.74) is 2.23. The Kier molecular flexibility index (Phi) is 3.58. The van der Waals surface area contributed by atoms with Crippen molar-refractivity contribution in [3.05, 3.63) is 47.2 Å². The van der Waals surface area contributed by atoms with Gasteiger partial charge in [0.2, 0.25) is 0 Å². The molecule has 4 atom stereocenters. The molecule has 1 N–H and O–H groups in total. The van der Waals surface area contributed by atoms with Crippen LogP contribution in [-0.4, -0.2) is 40.0 Å². The molecule has 0 unspecified atom stereocenters. The first-order chi connectivity index (χ1) is 11.8. The maximum absolute atomic E-state index is 5.94. The summed E-state index contributed by atoms with van der Waals surface area (Å²) < 4.78 is 0. The summed E-state index contributed by atoms with van der Waals surface area (Å²) in [5, 5.41) is 4.31. The normalized spacial score (nSPS) is 31.5. The van der Waals surface area contributed by atoms with Crippen LogP contribution < -0.4 is 5.32 Å². The van der Waals surface area contributed by atoms with E-state index in [2.05, 4.69) is 20.2 Å². The molecule has 124 valence electrons. The number of hydrogen-bond donors (Lipinski definition) is 1. The standard InChI is InChI=1S/C19H21ClN4/c20-14-3-1-13(2-4-14)19-22-7-12(8-23-19)11-24-17-5-6-18(24)16-10-21-9-15(16)17/h1-4,7-8,15-18,21H,5-6,9-11H2/t15-,16+,17-,18+. The molecule has 1 aromatic carbocycles. The Balaban J connectivity index is 1.33. The zero-order valence-electron chi connectivity index (χ0n) is 13.5. The lowest BCUT2D eigenvalue weighted by atomic mass is 9.82. The quantitative estimate of drug-likeness (QED) is 0.932. The molecule has 5 heteroatoms. The molecule has 24 heavy (non-hydrogen) atoms. The second-order valence-electron chi connectivity index (χ2n) is 7.29. The van der Waals surface area contributed by atoms with Crippen LogP contribution in [0.4, 0.5) is 0 Å². The monoisotopic (exact) mass is 340 g/mol. The van der Waals surface area contributed by atoms with Crippen molar-refractivity contribution in [2.75, 3.05) is 13.1 Å². The van der Waals surface area contributed by atoms with E-state index >= 15 is 0 Å². The highest BCUT2D eigenvalue weighted by atomic mass is 35.5. The molecule has 3 aliphatic heterocycles. The van der Waals surface area contributed by atoms with Crippen LogP contribution in [-0.2, 0) is 6.54 Å². The molecular formula is C19H21ClN4. The summed E-state index contributed by atoms with van der Waals surface area (Å²) in [6, 6.07) is 9.20. The van der Waals surface area contributed by atoms with Crippen LogP contribution in [0.15, 0.2) is 36.7 Å². The fraction of sp³-hybridized carbons (Fsp3) is 0.474. The SMILES string of the molecule is Clc1ccc(-c2ncc(CN3[C@@H]4CC[C@H]3[C@H]3CNC[C@H]34)cn2)cc1. The van der Waals surface area contributed by atoms with E-state index in [1.807, 2.05) is 36.7 Å². The molecule has 4 heterocycles. The lowest BCUT2D eigenvalue weighted by Gasteiger charge is -2.24. The molecule has 0 radical (unpaired) electrons. The number of benzene rings is 1. The van der Waals surface area contributed by atoms with Gasteiger partial charge in [-0.2, -0.15) is 0 Å². The van der Waals surface area contributed by atoms with Crippen LogP contribution in [0, 0.1) is 11.8 Å².